The third kappa shape index (κ3) is 67.5. The van der Waals surface area contributed by atoms with E-state index in [2.05, 4.69) is 43.5 Å². The molecule has 2 atom stereocenters. The number of hydrogen-bond acceptors (Lipinski definition) is 5. The zero-order valence-corrected chi connectivity index (χ0v) is 55.8. The van der Waals surface area contributed by atoms with E-state index < -0.39 is 12.1 Å². The minimum atomic E-state index is -0.665. The van der Waals surface area contributed by atoms with Crippen LogP contribution in [0.3, 0.4) is 0 Å². The molecule has 2 unspecified atom stereocenters. The first-order chi connectivity index (χ1) is 40.5. The minimum absolute atomic E-state index is 0.0119. The number of nitrogens with one attached hydrogen (secondary N) is 1. The number of rotatable bonds is 71. The van der Waals surface area contributed by atoms with Crippen molar-refractivity contribution in [3.63, 3.8) is 0 Å². The van der Waals surface area contributed by atoms with Crippen molar-refractivity contribution in [1.82, 2.24) is 5.32 Å². The summed E-state index contributed by atoms with van der Waals surface area (Å²) in [6.45, 7) is 4.97. The Morgan fingerprint density at radius 2 is 0.610 bits per heavy atom. The number of carbonyl (C=O) groups excluding carboxylic acids is 2. The second-order valence-corrected chi connectivity index (χ2v) is 26.0. The summed E-state index contributed by atoms with van der Waals surface area (Å²) in [6.07, 6.45) is 90.9. The van der Waals surface area contributed by atoms with Gasteiger partial charge in [-0.05, 0) is 57.8 Å². The fourth-order valence-corrected chi connectivity index (χ4v) is 12.0. The van der Waals surface area contributed by atoms with Gasteiger partial charge in [0.1, 0.15) is 0 Å². The number of hydrogen-bond donors (Lipinski definition) is 3. The third-order valence-corrected chi connectivity index (χ3v) is 17.8. The predicted octanol–water partition coefficient (Wildman–Crippen LogP) is 24.5. The summed E-state index contributed by atoms with van der Waals surface area (Å²) >= 11 is 0. The Balaban J connectivity index is 3.36. The maximum Gasteiger partial charge on any atom is 0.305 e. The minimum Gasteiger partial charge on any atom is -0.466 e. The van der Waals surface area contributed by atoms with Crippen LogP contribution >= 0.6 is 0 Å². The van der Waals surface area contributed by atoms with Gasteiger partial charge in [0.15, 0.2) is 0 Å². The quantitative estimate of drug-likeness (QED) is 0.0320. The van der Waals surface area contributed by atoms with Gasteiger partial charge in [0.25, 0.3) is 0 Å². The molecule has 486 valence electrons. The highest BCUT2D eigenvalue weighted by molar-refractivity contribution is 5.76. The molecule has 6 nitrogen and oxygen atoms in total. The topological polar surface area (TPSA) is 95.9 Å². The van der Waals surface area contributed by atoms with Gasteiger partial charge in [-0.15, -0.1) is 0 Å². The molecule has 1 amide bonds. The summed E-state index contributed by atoms with van der Waals surface area (Å²) in [5.74, 6) is -0.0174. The molecule has 0 aliphatic rings. The number of aliphatic hydroxyl groups is 2. The molecule has 0 saturated carbocycles. The number of aliphatic hydroxyl groups excluding tert-OH is 2. The molecule has 0 spiro atoms. The monoisotopic (exact) mass is 1150 g/mol. The van der Waals surface area contributed by atoms with Gasteiger partial charge >= 0.3 is 5.97 Å². The van der Waals surface area contributed by atoms with Crippen LogP contribution in [0.5, 0.6) is 0 Å². The Hall–Kier alpha value is -1.66. The van der Waals surface area contributed by atoms with E-state index in [1.165, 1.54) is 340 Å². The van der Waals surface area contributed by atoms with Crippen LogP contribution in [0.4, 0.5) is 0 Å². The summed E-state index contributed by atoms with van der Waals surface area (Å²) in [7, 11) is 0. The van der Waals surface area contributed by atoms with Crippen molar-refractivity contribution in [1.29, 1.82) is 0 Å². The molecule has 0 aromatic rings. The van der Waals surface area contributed by atoms with E-state index in [0.29, 0.717) is 25.9 Å². The molecule has 0 fully saturated rings. The number of unbranched alkanes of at least 4 members (excludes halogenated alkanes) is 56. The third-order valence-electron chi connectivity index (χ3n) is 17.8. The van der Waals surface area contributed by atoms with Gasteiger partial charge in [-0.2, -0.15) is 0 Å². The SMILES string of the molecule is CCCCC/C=C\C/C=C\CCCCCCCCCCCC(=O)OCCCCCCCCCCCCCCCCCCCCCCCCCC(=O)NC(CO)C(O)CCCCCCCCCCCCCCCCCCCCCCCCC. The highest BCUT2D eigenvalue weighted by Gasteiger charge is 2.20. The second-order valence-electron chi connectivity index (χ2n) is 26.0. The number of amides is 1. The lowest BCUT2D eigenvalue weighted by Gasteiger charge is -2.22. The van der Waals surface area contributed by atoms with E-state index in [4.69, 9.17) is 4.74 Å². The molecule has 0 aliphatic carbocycles. The lowest BCUT2D eigenvalue weighted by atomic mass is 10.0. The van der Waals surface area contributed by atoms with Crippen molar-refractivity contribution in [3.8, 4) is 0 Å². The van der Waals surface area contributed by atoms with Crippen molar-refractivity contribution in [2.45, 2.75) is 437 Å². The van der Waals surface area contributed by atoms with Gasteiger partial charge < -0.3 is 20.3 Å². The molecule has 82 heavy (non-hydrogen) atoms. The average Bonchev–Trinajstić information content (AvgIpc) is 3.48. The number of ether oxygens (including phenoxy) is 1. The van der Waals surface area contributed by atoms with Gasteiger partial charge in [-0.25, -0.2) is 0 Å². The first-order valence-corrected chi connectivity index (χ1v) is 37.6. The molecule has 0 aliphatic heterocycles. The van der Waals surface area contributed by atoms with Crippen molar-refractivity contribution in [2.75, 3.05) is 13.2 Å². The van der Waals surface area contributed by atoms with Crippen LogP contribution in [0, 0.1) is 0 Å². The Bertz CT molecular complexity index is 1280. The summed E-state index contributed by atoms with van der Waals surface area (Å²) in [6, 6.07) is -0.542. The summed E-state index contributed by atoms with van der Waals surface area (Å²) in [5, 5.41) is 23.5. The number of esters is 1. The summed E-state index contributed by atoms with van der Waals surface area (Å²) in [4.78, 5) is 24.7. The standard InChI is InChI=1S/C76H147NO5/c1-3-5-7-9-11-13-15-17-19-21-23-24-26-29-33-36-40-44-48-52-56-60-64-68-74(79)73(72-78)77-75(80)69-65-61-57-53-49-45-41-37-34-30-27-25-28-31-35-39-43-47-51-55-59-63-67-71-82-76(81)70-66-62-58-54-50-46-42-38-32-22-20-18-16-14-12-10-8-6-4-2/h12,14,18,20,73-74,78-79H,3-11,13,15-17,19,21-72H2,1-2H3,(H,77,80)/b14-12-,20-18-. The maximum absolute atomic E-state index is 12.6. The summed E-state index contributed by atoms with van der Waals surface area (Å²) < 4.78 is 5.51. The highest BCUT2D eigenvalue weighted by Crippen LogP contribution is 2.20. The molecular formula is C76H147NO5. The molecule has 6 heteroatoms. The van der Waals surface area contributed by atoms with Crippen molar-refractivity contribution < 1.29 is 24.5 Å². The van der Waals surface area contributed by atoms with E-state index in [1.54, 1.807) is 0 Å². The first kappa shape index (κ1) is 80.3. The largest absolute Gasteiger partial charge is 0.466 e. The van der Waals surface area contributed by atoms with Crippen LogP contribution in [0.15, 0.2) is 24.3 Å². The summed E-state index contributed by atoms with van der Waals surface area (Å²) in [5.41, 5.74) is 0. The molecule has 0 saturated heterocycles. The zero-order chi connectivity index (χ0) is 59.2. The number of allylic oxidation sites excluding steroid dienone is 4. The van der Waals surface area contributed by atoms with E-state index in [9.17, 15) is 19.8 Å². The first-order valence-electron chi connectivity index (χ1n) is 37.6. The van der Waals surface area contributed by atoms with Gasteiger partial charge in [-0.3, -0.25) is 9.59 Å². The Morgan fingerprint density at radius 1 is 0.341 bits per heavy atom. The second kappa shape index (κ2) is 71.8. The van der Waals surface area contributed by atoms with Crippen LogP contribution in [-0.2, 0) is 14.3 Å². The molecule has 3 N–H and O–H groups in total. The van der Waals surface area contributed by atoms with Crippen molar-refractivity contribution in [2.24, 2.45) is 0 Å². The fraction of sp³-hybridized carbons (Fsp3) is 0.921. The molecule has 0 rings (SSSR count). The van der Waals surface area contributed by atoms with Crippen molar-refractivity contribution in [3.05, 3.63) is 24.3 Å². The Kier molecular flexibility index (Phi) is 70.4. The van der Waals surface area contributed by atoms with Gasteiger partial charge in [-0.1, -0.05) is 378 Å². The normalized spacial score (nSPS) is 12.6. The van der Waals surface area contributed by atoms with E-state index in [0.717, 1.165) is 51.4 Å². The lowest BCUT2D eigenvalue weighted by Crippen LogP contribution is -2.45. The average molecular weight is 1160 g/mol. The van der Waals surface area contributed by atoms with Crippen LogP contribution in [0.2, 0.25) is 0 Å². The highest BCUT2D eigenvalue weighted by atomic mass is 16.5. The molecule has 0 aromatic heterocycles. The number of carbonyl (C=O) groups is 2. The van der Waals surface area contributed by atoms with E-state index >= 15 is 0 Å². The molecule has 0 heterocycles. The van der Waals surface area contributed by atoms with E-state index in [1.807, 2.05) is 0 Å². The molecular weight excluding hydrogens is 1010 g/mol. The maximum atomic E-state index is 12.6. The van der Waals surface area contributed by atoms with Crippen LogP contribution in [-0.4, -0.2) is 47.4 Å². The van der Waals surface area contributed by atoms with Crippen LogP contribution in [0.25, 0.3) is 0 Å². The molecule has 0 aromatic carbocycles. The van der Waals surface area contributed by atoms with Crippen LogP contribution < -0.4 is 5.32 Å². The van der Waals surface area contributed by atoms with Gasteiger partial charge in [0.2, 0.25) is 5.91 Å². The smallest absolute Gasteiger partial charge is 0.305 e. The van der Waals surface area contributed by atoms with Gasteiger partial charge in [0.05, 0.1) is 25.4 Å². The van der Waals surface area contributed by atoms with E-state index in [-0.39, 0.29) is 18.5 Å². The fourth-order valence-electron chi connectivity index (χ4n) is 12.0. The lowest BCUT2D eigenvalue weighted by molar-refractivity contribution is -0.143. The van der Waals surface area contributed by atoms with Gasteiger partial charge in [0, 0.05) is 12.8 Å². The molecule has 0 radical (unpaired) electrons. The predicted molar refractivity (Wildman–Crippen MR) is 361 cm³/mol. The van der Waals surface area contributed by atoms with Crippen LogP contribution in [0.1, 0.15) is 425 Å². The zero-order valence-electron chi connectivity index (χ0n) is 55.8. The Labute approximate surface area is 513 Å². The van der Waals surface area contributed by atoms with Crippen molar-refractivity contribution >= 4 is 11.9 Å². The Morgan fingerprint density at radius 3 is 0.951 bits per heavy atom. The molecule has 0 bridgehead atoms.